The van der Waals surface area contributed by atoms with Gasteiger partial charge in [0.25, 0.3) is 0 Å². The molecule has 1 aliphatic rings. The van der Waals surface area contributed by atoms with Gasteiger partial charge in [-0.05, 0) is 55.8 Å². The van der Waals surface area contributed by atoms with Gasteiger partial charge < -0.3 is 9.64 Å². The van der Waals surface area contributed by atoms with Crippen molar-refractivity contribution in [1.29, 1.82) is 0 Å². The molecule has 0 bridgehead atoms. The number of piperazine rings is 1. The number of rotatable bonds is 2. The van der Waals surface area contributed by atoms with Crippen LogP contribution >= 0.6 is 15.9 Å². The van der Waals surface area contributed by atoms with Crippen molar-refractivity contribution in [3.05, 3.63) is 22.4 Å². The molecular formula is C15H22BrN3O4S. The van der Waals surface area contributed by atoms with Crippen LogP contribution < -0.4 is 0 Å². The maximum absolute atomic E-state index is 12.8. The third kappa shape index (κ3) is 4.46. The summed E-state index contributed by atoms with van der Waals surface area (Å²) in [4.78, 5) is 17.9. The summed E-state index contributed by atoms with van der Waals surface area (Å²) in [5.74, 6) is 0. The molecule has 1 aliphatic heterocycles. The van der Waals surface area contributed by atoms with Crippen LogP contribution in [0.2, 0.25) is 0 Å². The molecule has 134 valence electrons. The van der Waals surface area contributed by atoms with Crippen LogP contribution in [0.25, 0.3) is 0 Å². The Morgan fingerprint density at radius 3 is 2.29 bits per heavy atom. The van der Waals surface area contributed by atoms with Gasteiger partial charge in [0, 0.05) is 26.2 Å². The van der Waals surface area contributed by atoms with E-state index in [0.717, 1.165) is 0 Å². The summed E-state index contributed by atoms with van der Waals surface area (Å²) < 4.78 is 32.8. The predicted molar refractivity (Wildman–Crippen MR) is 93.2 cm³/mol. The van der Waals surface area contributed by atoms with Crippen molar-refractivity contribution in [3.63, 3.8) is 0 Å². The van der Waals surface area contributed by atoms with E-state index in [1.54, 1.807) is 39.8 Å². The van der Waals surface area contributed by atoms with Crippen LogP contribution in [0.3, 0.4) is 0 Å². The molecule has 1 aromatic rings. The molecular weight excluding hydrogens is 398 g/mol. The third-order valence-electron chi connectivity index (χ3n) is 3.51. The fraction of sp³-hybridized carbons (Fsp3) is 0.600. The van der Waals surface area contributed by atoms with Crippen molar-refractivity contribution < 1.29 is 17.9 Å². The fourth-order valence-electron chi connectivity index (χ4n) is 2.37. The number of hydrogen-bond donors (Lipinski definition) is 0. The van der Waals surface area contributed by atoms with Crippen LogP contribution in [0.1, 0.15) is 26.5 Å². The van der Waals surface area contributed by atoms with E-state index in [4.69, 9.17) is 4.74 Å². The molecule has 9 heteroatoms. The SMILES string of the molecule is Cc1nc(Br)ccc1S(=O)(=O)N1CCN(C(=O)OC(C)(C)C)CC1. The molecule has 1 amide bonds. The van der Waals surface area contributed by atoms with E-state index in [9.17, 15) is 13.2 Å². The average Bonchev–Trinajstić information content (AvgIpc) is 2.45. The highest BCUT2D eigenvalue weighted by atomic mass is 79.9. The number of halogens is 1. The highest BCUT2D eigenvalue weighted by molar-refractivity contribution is 9.10. The smallest absolute Gasteiger partial charge is 0.410 e. The van der Waals surface area contributed by atoms with Crippen molar-refractivity contribution in [2.24, 2.45) is 0 Å². The molecule has 1 fully saturated rings. The van der Waals surface area contributed by atoms with Gasteiger partial charge in [-0.2, -0.15) is 4.31 Å². The number of sulfonamides is 1. The first-order valence-electron chi connectivity index (χ1n) is 7.62. The monoisotopic (exact) mass is 419 g/mol. The molecule has 7 nitrogen and oxygen atoms in total. The molecule has 0 aliphatic carbocycles. The minimum Gasteiger partial charge on any atom is -0.444 e. The molecule has 1 aromatic heterocycles. The highest BCUT2D eigenvalue weighted by Gasteiger charge is 2.32. The number of aromatic nitrogens is 1. The quantitative estimate of drug-likeness (QED) is 0.687. The van der Waals surface area contributed by atoms with Crippen molar-refractivity contribution in [1.82, 2.24) is 14.2 Å². The van der Waals surface area contributed by atoms with Crippen LogP contribution in [-0.2, 0) is 14.8 Å². The lowest BCUT2D eigenvalue weighted by atomic mass is 10.2. The second-order valence-electron chi connectivity index (χ2n) is 6.59. The molecule has 0 N–H and O–H groups in total. The summed E-state index contributed by atoms with van der Waals surface area (Å²) in [5.41, 5.74) is -0.125. The maximum Gasteiger partial charge on any atom is 0.410 e. The molecule has 0 saturated carbocycles. The second kappa shape index (κ2) is 6.97. The number of amides is 1. The number of carbonyl (C=O) groups is 1. The van der Waals surface area contributed by atoms with E-state index in [1.807, 2.05) is 0 Å². The Morgan fingerprint density at radius 2 is 1.79 bits per heavy atom. The molecule has 24 heavy (non-hydrogen) atoms. The topological polar surface area (TPSA) is 79.8 Å². The Hall–Kier alpha value is -1.19. The summed E-state index contributed by atoms with van der Waals surface area (Å²) in [7, 11) is -3.62. The number of ether oxygens (including phenoxy) is 1. The van der Waals surface area contributed by atoms with Crippen molar-refractivity contribution in [3.8, 4) is 0 Å². The lowest BCUT2D eigenvalue weighted by Gasteiger charge is -2.35. The van der Waals surface area contributed by atoms with Gasteiger partial charge in [-0.3, -0.25) is 0 Å². The van der Waals surface area contributed by atoms with Gasteiger partial charge in [0.05, 0.1) is 5.69 Å². The van der Waals surface area contributed by atoms with Crippen LogP contribution in [0.5, 0.6) is 0 Å². The Kier molecular flexibility index (Phi) is 5.56. The Labute approximate surface area is 151 Å². The van der Waals surface area contributed by atoms with E-state index in [0.29, 0.717) is 23.4 Å². The fourth-order valence-corrected chi connectivity index (χ4v) is 4.35. The third-order valence-corrected chi connectivity index (χ3v) is 5.99. The zero-order valence-corrected chi connectivity index (χ0v) is 16.6. The van der Waals surface area contributed by atoms with Crippen molar-refractivity contribution in [2.75, 3.05) is 26.2 Å². The summed E-state index contributed by atoms with van der Waals surface area (Å²) in [5, 5.41) is 0. The lowest BCUT2D eigenvalue weighted by molar-refractivity contribution is 0.0192. The number of pyridine rings is 1. The minimum atomic E-state index is -3.62. The van der Waals surface area contributed by atoms with Crippen LogP contribution in [-0.4, -0.2) is 60.5 Å². The first-order valence-corrected chi connectivity index (χ1v) is 9.85. The highest BCUT2D eigenvalue weighted by Crippen LogP contribution is 2.22. The summed E-state index contributed by atoms with van der Waals surface area (Å²) >= 11 is 3.23. The lowest BCUT2D eigenvalue weighted by Crippen LogP contribution is -2.51. The van der Waals surface area contributed by atoms with Gasteiger partial charge >= 0.3 is 6.09 Å². The summed E-state index contributed by atoms with van der Waals surface area (Å²) in [6, 6.07) is 3.15. The molecule has 0 radical (unpaired) electrons. The Balaban J connectivity index is 2.07. The number of nitrogens with zero attached hydrogens (tertiary/aromatic N) is 3. The summed E-state index contributed by atoms with van der Waals surface area (Å²) in [6.45, 7) is 8.13. The van der Waals surface area contributed by atoms with E-state index >= 15 is 0 Å². The van der Waals surface area contributed by atoms with Crippen LogP contribution in [0.15, 0.2) is 21.6 Å². The van der Waals surface area contributed by atoms with Gasteiger partial charge in [0.2, 0.25) is 10.0 Å². The Morgan fingerprint density at radius 1 is 1.21 bits per heavy atom. The Bertz CT molecular complexity index is 723. The van der Waals surface area contributed by atoms with Crippen molar-refractivity contribution in [2.45, 2.75) is 38.2 Å². The first kappa shape index (κ1) is 19.1. The maximum atomic E-state index is 12.8. The zero-order chi connectivity index (χ0) is 18.1. The predicted octanol–water partition coefficient (Wildman–Crippen LogP) is 2.39. The second-order valence-corrected chi connectivity index (χ2v) is 9.31. The molecule has 2 rings (SSSR count). The largest absolute Gasteiger partial charge is 0.444 e. The van der Waals surface area contributed by atoms with E-state index in [2.05, 4.69) is 20.9 Å². The number of carbonyl (C=O) groups excluding carboxylic acids is 1. The zero-order valence-electron chi connectivity index (χ0n) is 14.2. The summed E-state index contributed by atoms with van der Waals surface area (Å²) in [6.07, 6.45) is -0.416. The molecule has 0 atom stereocenters. The molecule has 0 unspecified atom stereocenters. The van der Waals surface area contributed by atoms with Gasteiger partial charge in [0.15, 0.2) is 0 Å². The van der Waals surface area contributed by atoms with Gasteiger partial charge in [-0.1, -0.05) is 0 Å². The van der Waals surface area contributed by atoms with E-state index in [-0.39, 0.29) is 18.0 Å². The van der Waals surface area contributed by atoms with Crippen LogP contribution in [0.4, 0.5) is 4.79 Å². The van der Waals surface area contributed by atoms with E-state index < -0.39 is 21.7 Å². The first-order chi connectivity index (χ1) is 11.0. The minimum absolute atomic E-state index is 0.191. The van der Waals surface area contributed by atoms with Gasteiger partial charge in [-0.15, -0.1) is 0 Å². The standard InChI is InChI=1S/C15H22BrN3O4S/c1-11-12(5-6-13(16)17-11)24(21,22)19-9-7-18(8-10-19)14(20)23-15(2,3)4/h5-6H,7-10H2,1-4H3. The molecule has 2 heterocycles. The van der Waals surface area contributed by atoms with E-state index in [1.165, 1.54) is 9.21 Å². The number of hydrogen-bond acceptors (Lipinski definition) is 5. The normalized spacial score (nSPS) is 17.0. The molecule has 1 saturated heterocycles. The van der Waals surface area contributed by atoms with Crippen LogP contribution in [0, 0.1) is 6.92 Å². The molecule has 0 aromatic carbocycles. The molecule has 0 spiro atoms. The van der Waals surface area contributed by atoms with Crippen molar-refractivity contribution >= 4 is 32.0 Å². The van der Waals surface area contributed by atoms with Gasteiger partial charge in [0.1, 0.15) is 15.1 Å². The average molecular weight is 420 g/mol. The van der Waals surface area contributed by atoms with Gasteiger partial charge in [-0.25, -0.2) is 18.2 Å². The number of aryl methyl sites for hydroxylation is 1.